The molecule has 4 heteroatoms. The largest absolute Gasteiger partial charge is 4.00 e. The van der Waals surface area contributed by atoms with Crippen LogP contribution in [0.2, 0.25) is 0 Å². The summed E-state index contributed by atoms with van der Waals surface area (Å²) in [5, 5.41) is 12.6. The second-order valence-corrected chi connectivity index (χ2v) is 8.14. The molecule has 0 aliphatic carbocycles. The smallest absolute Gasteiger partial charge is 0.662 e. The Kier molecular flexibility index (Phi) is 37.9. The Morgan fingerprint density at radius 2 is 0.656 bits per heavy atom. The van der Waals surface area contributed by atoms with Crippen LogP contribution in [-0.4, -0.2) is 39.3 Å². The Hall–Kier alpha value is -0.0557. The third-order valence-corrected chi connectivity index (χ3v) is 5.10. The van der Waals surface area contributed by atoms with Gasteiger partial charge in [0.25, 0.3) is 0 Å². The van der Waals surface area contributed by atoms with Gasteiger partial charge in [0.15, 0.2) is 0 Å². The predicted molar refractivity (Wildman–Crippen MR) is 147 cm³/mol. The first-order chi connectivity index (χ1) is 14.8. The molecule has 0 N–H and O–H groups in total. The van der Waals surface area contributed by atoms with Crippen molar-refractivity contribution >= 4 is 0 Å². The van der Waals surface area contributed by atoms with Gasteiger partial charge in [0.1, 0.15) is 0 Å². The van der Waals surface area contributed by atoms with E-state index in [0.29, 0.717) is 0 Å². The number of hydrogen-bond donors (Lipinski definition) is 0. The van der Waals surface area contributed by atoms with Gasteiger partial charge in [0, 0.05) is 0 Å². The summed E-state index contributed by atoms with van der Waals surface area (Å²) in [7, 11) is 0. The fourth-order valence-electron chi connectivity index (χ4n) is 2.69. The molecule has 0 spiro atoms. The van der Waals surface area contributed by atoms with E-state index in [4.69, 9.17) is 0 Å². The SMILES string of the molecule is CCC[N-]CCC.CCC[N-]CCC.CCC[N-]CCC.Cc1c(C)c(C)[c-](C)c1C.[Ti+4]. The standard InChI is InChI=1S/C10H15.3C6H14N.Ti/c1-6-7(2)9(4)10(5)8(6)3;3*1-3-5-7-6-4-2;/h1-5H3;3*3-6H2,1-2H3;/q4*-1;+4. The molecule has 1 rings (SSSR count). The molecule has 0 atom stereocenters. The van der Waals surface area contributed by atoms with Crippen LogP contribution >= 0.6 is 0 Å². The molecule has 3 nitrogen and oxygen atoms in total. The monoisotopic (exact) mass is 483 g/mol. The molecule has 32 heavy (non-hydrogen) atoms. The molecule has 0 bridgehead atoms. The van der Waals surface area contributed by atoms with Crippen LogP contribution in [0.5, 0.6) is 0 Å². The molecule has 0 unspecified atom stereocenters. The average Bonchev–Trinajstić information content (AvgIpc) is 2.94. The van der Waals surface area contributed by atoms with Gasteiger partial charge in [-0.05, 0) is 0 Å². The van der Waals surface area contributed by atoms with Crippen LogP contribution in [-0.2, 0) is 21.7 Å². The van der Waals surface area contributed by atoms with Crippen LogP contribution in [0.4, 0.5) is 0 Å². The van der Waals surface area contributed by atoms with Crippen molar-refractivity contribution in [2.45, 2.75) is 115 Å². The summed E-state index contributed by atoms with van der Waals surface area (Å²) in [4.78, 5) is 0. The van der Waals surface area contributed by atoms with Gasteiger partial charge >= 0.3 is 21.7 Å². The van der Waals surface area contributed by atoms with Crippen molar-refractivity contribution in [1.29, 1.82) is 0 Å². The molecule has 0 radical (unpaired) electrons. The van der Waals surface area contributed by atoms with E-state index < -0.39 is 0 Å². The van der Waals surface area contributed by atoms with E-state index in [2.05, 4.69) is 92.1 Å². The summed E-state index contributed by atoms with van der Waals surface area (Å²) in [5.74, 6) is 0. The fourth-order valence-corrected chi connectivity index (χ4v) is 2.69. The number of hydrogen-bond acceptors (Lipinski definition) is 0. The maximum absolute atomic E-state index is 4.21. The average molecular weight is 484 g/mol. The van der Waals surface area contributed by atoms with Gasteiger partial charge in [-0.1, -0.05) is 115 Å². The molecular formula is C28H57N3Ti. The first-order valence-electron chi connectivity index (χ1n) is 12.9. The van der Waals surface area contributed by atoms with Crippen molar-refractivity contribution in [2.75, 3.05) is 39.3 Å². The summed E-state index contributed by atoms with van der Waals surface area (Å²) in [6.45, 7) is 30.2. The van der Waals surface area contributed by atoms with Crippen LogP contribution in [0.1, 0.15) is 108 Å². The molecular weight excluding hydrogens is 426 g/mol. The molecule has 0 aliphatic rings. The van der Waals surface area contributed by atoms with Crippen molar-refractivity contribution in [3.05, 3.63) is 43.8 Å². The topological polar surface area (TPSA) is 42.3 Å². The van der Waals surface area contributed by atoms with Crippen molar-refractivity contribution in [3.63, 3.8) is 0 Å². The van der Waals surface area contributed by atoms with E-state index in [1.807, 2.05) is 0 Å². The number of rotatable bonds is 12. The molecule has 1 aromatic rings. The normalized spacial score (nSPS) is 9.47. The minimum Gasteiger partial charge on any atom is -0.662 e. The predicted octanol–water partition coefficient (Wildman–Crippen LogP) is 9.49. The van der Waals surface area contributed by atoms with Crippen molar-refractivity contribution in [1.82, 2.24) is 0 Å². The summed E-state index contributed by atoms with van der Waals surface area (Å²) in [5.41, 5.74) is 7.34. The van der Waals surface area contributed by atoms with Crippen LogP contribution in [0.15, 0.2) is 0 Å². The molecule has 188 valence electrons. The van der Waals surface area contributed by atoms with Crippen LogP contribution in [0.25, 0.3) is 16.0 Å². The quantitative estimate of drug-likeness (QED) is 0.161. The van der Waals surface area contributed by atoms with Gasteiger partial charge < -0.3 is 16.0 Å². The zero-order chi connectivity index (χ0) is 24.5. The van der Waals surface area contributed by atoms with Crippen molar-refractivity contribution in [2.24, 2.45) is 0 Å². The van der Waals surface area contributed by atoms with Gasteiger partial charge in [-0.2, -0.15) is 27.8 Å². The summed E-state index contributed by atoms with van der Waals surface area (Å²) < 4.78 is 0. The van der Waals surface area contributed by atoms with E-state index in [9.17, 15) is 0 Å². The van der Waals surface area contributed by atoms with Gasteiger partial charge in [-0.15, -0.1) is 39.3 Å². The number of nitrogens with zero attached hydrogens (tertiary/aromatic N) is 3. The summed E-state index contributed by atoms with van der Waals surface area (Å²) >= 11 is 0. The second kappa shape index (κ2) is 30.9. The van der Waals surface area contributed by atoms with Gasteiger partial charge in [0.2, 0.25) is 0 Å². The van der Waals surface area contributed by atoms with E-state index in [1.54, 1.807) is 0 Å². The molecule has 0 aromatic heterocycles. The van der Waals surface area contributed by atoms with Gasteiger partial charge in [0.05, 0.1) is 0 Å². The molecule has 0 saturated carbocycles. The Balaban J connectivity index is -0.000000164. The van der Waals surface area contributed by atoms with E-state index >= 15 is 0 Å². The fraction of sp³-hybridized carbons (Fsp3) is 0.821. The second-order valence-electron chi connectivity index (χ2n) is 8.14. The first-order valence-corrected chi connectivity index (χ1v) is 12.9. The van der Waals surface area contributed by atoms with E-state index in [1.165, 1.54) is 66.3 Å². The maximum Gasteiger partial charge on any atom is 4.00 e. The van der Waals surface area contributed by atoms with Crippen LogP contribution in [0.3, 0.4) is 0 Å². The Morgan fingerprint density at radius 3 is 0.750 bits per heavy atom. The zero-order valence-electron chi connectivity index (χ0n) is 23.8. The molecule has 0 aliphatic heterocycles. The Bertz CT molecular complexity index is 354. The molecule has 1 aromatic carbocycles. The van der Waals surface area contributed by atoms with Crippen molar-refractivity contribution < 1.29 is 21.7 Å². The third-order valence-electron chi connectivity index (χ3n) is 5.10. The van der Waals surface area contributed by atoms with Gasteiger partial charge in [-0.3, -0.25) is 0 Å². The Labute approximate surface area is 218 Å². The minimum absolute atomic E-state index is 0. The Morgan fingerprint density at radius 1 is 0.469 bits per heavy atom. The van der Waals surface area contributed by atoms with E-state index in [0.717, 1.165) is 39.3 Å². The molecule has 0 amide bonds. The van der Waals surface area contributed by atoms with Crippen LogP contribution < -0.4 is 0 Å². The minimum atomic E-state index is 0. The molecule has 0 fully saturated rings. The first kappa shape index (κ1) is 39.2. The maximum atomic E-state index is 4.21. The van der Waals surface area contributed by atoms with E-state index in [-0.39, 0.29) is 21.7 Å². The van der Waals surface area contributed by atoms with Crippen molar-refractivity contribution in [3.8, 4) is 0 Å². The van der Waals surface area contributed by atoms with Crippen LogP contribution in [0, 0.1) is 34.6 Å². The third kappa shape index (κ3) is 24.6. The zero-order valence-corrected chi connectivity index (χ0v) is 25.4. The summed E-state index contributed by atoms with van der Waals surface area (Å²) in [6, 6.07) is 0. The summed E-state index contributed by atoms with van der Waals surface area (Å²) in [6.07, 6.45) is 7.17. The molecule has 0 saturated heterocycles. The molecule has 0 heterocycles. The van der Waals surface area contributed by atoms with Gasteiger partial charge in [-0.25, -0.2) is 0 Å².